The minimum Gasteiger partial charge on any atom is -0.438 e. The summed E-state index contributed by atoms with van der Waals surface area (Å²) in [4.78, 5) is 24.6. The Morgan fingerprint density at radius 1 is 1.15 bits per heavy atom. The molecular weight excluding hydrogens is 398 g/mol. The molecule has 3 aromatic rings. The lowest BCUT2D eigenvalue weighted by Crippen LogP contribution is -2.43. The normalized spacial score (nSPS) is 11.2. The number of anilines is 1. The molecule has 7 nitrogen and oxygen atoms in total. The van der Waals surface area contributed by atoms with Crippen LogP contribution in [0.3, 0.4) is 0 Å². The van der Waals surface area contributed by atoms with Crippen LogP contribution in [-0.2, 0) is 0 Å². The highest BCUT2D eigenvalue weighted by Crippen LogP contribution is 2.28. The molecule has 0 spiro atoms. The van der Waals surface area contributed by atoms with E-state index in [0.717, 1.165) is 4.47 Å². The lowest BCUT2D eigenvalue weighted by molar-refractivity contribution is 0.244. The van der Waals surface area contributed by atoms with Crippen LogP contribution in [0.1, 0.15) is 20.8 Å². The molecule has 0 aliphatic carbocycles. The molecule has 0 fully saturated rings. The van der Waals surface area contributed by atoms with Crippen LogP contribution in [0.4, 0.5) is 10.5 Å². The number of nitrogens with zero attached hydrogens (tertiary/aromatic N) is 3. The number of halogens is 1. The van der Waals surface area contributed by atoms with Crippen LogP contribution in [0, 0.1) is 0 Å². The molecule has 0 unspecified atom stereocenters. The van der Waals surface area contributed by atoms with E-state index in [1.807, 2.05) is 26.8 Å². The summed E-state index contributed by atoms with van der Waals surface area (Å²) in [5.41, 5.74) is 0.831. The first kappa shape index (κ1) is 18.1. The minimum atomic E-state index is -0.321. The molecule has 2 N–H and O–H groups in total. The summed E-state index contributed by atoms with van der Waals surface area (Å²) in [5, 5.41) is 6.32. The molecular formula is C18H18BrN5O2. The Labute approximate surface area is 159 Å². The lowest BCUT2D eigenvalue weighted by atomic mass is 10.1. The Balaban J connectivity index is 1.81. The van der Waals surface area contributed by atoms with Crippen LogP contribution in [0.5, 0.6) is 11.6 Å². The SMILES string of the molecule is CC(C)(C)NC(=O)Nc1cccc(Oc2ncnc3ncc(Br)cc23)c1. The maximum atomic E-state index is 12.0. The maximum Gasteiger partial charge on any atom is 0.319 e. The van der Waals surface area contributed by atoms with Crippen molar-refractivity contribution in [3.05, 3.63) is 47.3 Å². The fourth-order valence-corrected chi connectivity index (χ4v) is 2.56. The van der Waals surface area contributed by atoms with Gasteiger partial charge in [-0.1, -0.05) is 6.07 Å². The van der Waals surface area contributed by atoms with Crippen molar-refractivity contribution in [2.24, 2.45) is 0 Å². The molecule has 2 heterocycles. The van der Waals surface area contributed by atoms with Crippen molar-refractivity contribution in [3.8, 4) is 11.6 Å². The van der Waals surface area contributed by atoms with Crippen LogP contribution in [-0.4, -0.2) is 26.5 Å². The van der Waals surface area contributed by atoms with Crippen molar-refractivity contribution in [3.63, 3.8) is 0 Å². The highest BCUT2D eigenvalue weighted by molar-refractivity contribution is 9.10. The first-order chi connectivity index (χ1) is 12.3. The van der Waals surface area contributed by atoms with Gasteiger partial charge in [-0.2, -0.15) is 0 Å². The fraction of sp³-hybridized carbons (Fsp3) is 0.222. The molecule has 0 aliphatic heterocycles. The summed E-state index contributed by atoms with van der Waals surface area (Å²) in [5.74, 6) is 0.929. The number of carbonyl (C=O) groups excluding carboxylic acids is 1. The van der Waals surface area contributed by atoms with E-state index in [0.29, 0.717) is 28.4 Å². The molecule has 134 valence electrons. The molecule has 2 aromatic heterocycles. The van der Waals surface area contributed by atoms with Crippen molar-refractivity contribution in [1.29, 1.82) is 0 Å². The average molecular weight is 416 g/mol. The zero-order valence-corrected chi connectivity index (χ0v) is 16.2. The van der Waals surface area contributed by atoms with Gasteiger partial charge in [-0.05, 0) is 54.9 Å². The van der Waals surface area contributed by atoms with E-state index in [-0.39, 0.29) is 11.6 Å². The second-order valence-corrected chi connectivity index (χ2v) is 7.58. The smallest absolute Gasteiger partial charge is 0.319 e. The monoisotopic (exact) mass is 415 g/mol. The first-order valence-corrected chi connectivity index (χ1v) is 8.73. The third-order valence-electron chi connectivity index (χ3n) is 3.21. The van der Waals surface area contributed by atoms with Gasteiger partial charge >= 0.3 is 6.03 Å². The Morgan fingerprint density at radius 2 is 1.96 bits per heavy atom. The van der Waals surface area contributed by atoms with Gasteiger partial charge in [0.25, 0.3) is 0 Å². The van der Waals surface area contributed by atoms with E-state index in [2.05, 4.69) is 41.5 Å². The lowest BCUT2D eigenvalue weighted by Gasteiger charge is -2.20. The number of urea groups is 1. The Hall–Kier alpha value is -2.74. The Bertz CT molecular complexity index is 956. The molecule has 0 aliphatic rings. The van der Waals surface area contributed by atoms with Crippen molar-refractivity contribution in [1.82, 2.24) is 20.3 Å². The van der Waals surface area contributed by atoms with E-state index in [4.69, 9.17) is 4.74 Å². The summed E-state index contributed by atoms with van der Waals surface area (Å²) in [6.45, 7) is 5.75. The highest BCUT2D eigenvalue weighted by atomic mass is 79.9. The van der Waals surface area contributed by atoms with E-state index in [1.54, 1.807) is 30.5 Å². The maximum absolute atomic E-state index is 12.0. The minimum absolute atomic E-state index is 0.282. The molecule has 0 atom stereocenters. The highest BCUT2D eigenvalue weighted by Gasteiger charge is 2.14. The molecule has 3 rings (SSSR count). The number of pyridine rings is 1. The number of hydrogen-bond acceptors (Lipinski definition) is 5. The fourth-order valence-electron chi connectivity index (χ4n) is 2.23. The molecule has 0 bridgehead atoms. The van der Waals surface area contributed by atoms with Crippen molar-refractivity contribution in [2.75, 3.05) is 5.32 Å². The molecule has 2 amide bonds. The summed E-state index contributed by atoms with van der Waals surface area (Å²) in [6, 6.07) is 8.64. The van der Waals surface area contributed by atoms with Crippen molar-refractivity contribution in [2.45, 2.75) is 26.3 Å². The number of aromatic nitrogens is 3. The summed E-state index contributed by atoms with van der Waals surface area (Å²) in [7, 11) is 0. The second kappa shape index (κ2) is 7.25. The molecule has 0 saturated carbocycles. The summed E-state index contributed by atoms with van der Waals surface area (Å²) < 4.78 is 6.69. The largest absolute Gasteiger partial charge is 0.438 e. The number of carbonyl (C=O) groups is 1. The second-order valence-electron chi connectivity index (χ2n) is 6.66. The van der Waals surface area contributed by atoms with Gasteiger partial charge in [0.2, 0.25) is 5.88 Å². The van der Waals surface area contributed by atoms with Gasteiger partial charge in [0.1, 0.15) is 12.1 Å². The quantitative estimate of drug-likeness (QED) is 0.656. The van der Waals surface area contributed by atoms with Crippen molar-refractivity contribution >= 4 is 38.7 Å². The van der Waals surface area contributed by atoms with Gasteiger partial charge in [0, 0.05) is 28.0 Å². The van der Waals surface area contributed by atoms with Crippen LogP contribution < -0.4 is 15.4 Å². The van der Waals surface area contributed by atoms with E-state index in [1.165, 1.54) is 6.33 Å². The van der Waals surface area contributed by atoms with Gasteiger partial charge in [-0.15, -0.1) is 0 Å². The van der Waals surface area contributed by atoms with Gasteiger partial charge in [-0.25, -0.2) is 19.7 Å². The van der Waals surface area contributed by atoms with Gasteiger partial charge < -0.3 is 15.4 Å². The third-order valence-corrected chi connectivity index (χ3v) is 3.65. The van der Waals surface area contributed by atoms with Crippen molar-refractivity contribution < 1.29 is 9.53 Å². The number of benzene rings is 1. The number of hydrogen-bond donors (Lipinski definition) is 2. The number of fused-ring (bicyclic) bond motifs is 1. The van der Waals surface area contributed by atoms with Crippen LogP contribution in [0.2, 0.25) is 0 Å². The molecule has 8 heteroatoms. The zero-order chi connectivity index (χ0) is 18.7. The first-order valence-electron chi connectivity index (χ1n) is 7.93. The third kappa shape index (κ3) is 4.66. The predicted octanol–water partition coefficient (Wildman–Crippen LogP) is 4.50. The van der Waals surface area contributed by atoms with Gasteiger partial charge in [0.05, 0.1) is 5.39 Å². The number of ether oxygens (including phenoxy) is 1. The van der Waals surface area contributed by atoms with E-state index in [9.17, 15) is 4.79 Å². The zero-order valence-electron chi connectivity index (χ0n) is 14.6. The molecule has 0 radical (unpaired) electrons. The average Bonchev–Trinajstić information content (AvgIpc) is 2.54. The topological polar surface area (TPSA) is 89.0 Å². The molecule has 26 heavy (non-hydrogen) atoms. The van der Waals surface area contributed by atoms with E-state index >= 15 is 0 Å². The van der Waals surface area contributed by atoms with Crippen LogP contribution in [0.15, 0.2) is 47.3 Å². The molecule has 0 saturated heterocycles. The van der Waals surface area contributed by atoms with Crippen LogP contribution in [0.25, 0.3) is 11.0 Å². The standard InChI is InChI=1S/C18H18BrN5O2/c1-18(2,3)24-17(25)23-12-5-4-6-13(8-12)26-16-14-7-11(19)9-20-15(14)21-10-22-16/h4-10H,1-3H3,(H2,23,24,25). The Kier molecular flexibility index (Phi) is 5.03. The number of amides is 2. The molecule has 1 aromatic carbocycles. The van der Waals surface area contributed by atoms with Gasteiger partial charge in [0.15, 0.2) is 5.65 Å². The number of rotatable bonds is 3. The van der Waals surface area contributed by atoms with Gasteiger partial charge in [-0.3, -0.25) is 0 Å². The van der Waals surface area contributed by atoms with E-state index < -0.39 is 0 Å². The van der Waals surface area contributed by atoms with Crippen LogP contribution >= 0.6 is 15.9 Å². The predicted molar refractivity (Wildman–Crippen MR) is 103 cm³/mol. The summed E-state index contributed by atoms with van der Waals surface area (Å²) in [6.07, 6.45) is 3.06. The summed E-state index contributed by atoms with van der Waals surface area (Å²) >= 11 is 3.39. The number of nitrogens with one attached hydrogen (secondary N) is 2. The Morgan fingerprint density at radius 3 is 2.73 bits per heavy atom.